The third-order valence-electron chi connectivity index (χ3n) is 4.25. The predicted molar refractivity (Wildman–Crippen MR) is 109 cm³/mol. The van der Waals surface area contributed by atoms with Crippen LogP contribution in [0.2, 0.25) is 10.0 Å². The minimum atomic E-state index is -2.30. The highest BCUT2D eigenvalue weighted by molar-refractivity contribution is 6.35. The third kappa shape index (κ3) is 5.66. The number of halogens is 7. The van der Waals surface area contributed by atoms with E-state index in [4.69, 9.17) is 32.7 Å². The summed E-state index contributed by atoms with van der Waals surface area (Å²) in [6, 6.07) is 10.7. The van der Waals surface area contributed by atoms with Crippen LogP contribution in [0, 0.1) is 29.1 Å². The molecular formula is C22H13Cl2F5O4. The maximum absolute atomic E-state index is 13.7. The van der Waals surface area contributed by atoms with Crippen molar-refractivity contribution in [1.29, 1.82) is 0 Å². The highest BCUT2D eigenvalue weighted by Gasteiger charge is 2.27. The lowest BCUT2D eigenvalue weighted by Gasteiger charge is -2.15. The summed E-state index contributed by atoms with van der Waals surface area (Å²) in [5, 5.41) is 0.741. The summed E-state index contributed by atoms with van der Waals surface area (Å²) >= 11 is 11.9. The second-order valence-corrected chi connectivity index (χ2v) is 7.41. The molecule has 0 radical (unpaired) electrons. The van der Waals surface area contributed by atoms with Crippen LogP contribution in [-0.2, 0) is 16.1 Å². The Balaban J connectivity index is 1.60. The number of ether oxygens (including phenoxy) is 3. The van der Waals surface area contributed by atoms with Gasteiger partial charge >= 0.3 is 5.97 Å². The van der Waals surface area contributed by atoms with Crippen LogP contribution < -0.4 is 9.47 Å². The molecule has 0 aromatic heterocycles. The van der Waals surface area contributed by atoms with E-state index >= 15 is 0 Å². The molecule has 3 rings (SSSR count). The standard InChI is InChI=1S/C22H13Cl2F5O4/c1-10(22(30)31-9-14-17(25)19(27)21(29)20(28)18(14)26)32-12-3-5-13(6-4-12)33-16-7-2-11(23)8-15(16)24/h2-8,10H,9H2,1H3. The van der Waals surface area contributed by atoms with E-state index in [1.54, 1.807) is 12.1 Å². The molecule has 3 aromatic rings. The number of esters is 1. The molecule has 33 heavy (non-hydrogen) atoms. The second-order valence-electron chi connectivity index (χ2n) is 6.56. The summed E-state index contributed by atoms with van der Waals surface area (Å²) in [7, 11) is 0. The van der Waals surface area contributed by atoms with Gasteiger partial charge in [0.15, 0.2) is 29.4 Å². The highest BCUT2D eigenvalue weighted by Crippen LogP contribution is 2.32. The quantitative estimate of drug-likeness (QED) is 0.150. The molecule has 0 N–H and O–H groups in total. The molecule has 1 atom stereocenters. The van der Waals surface area contributed by atoms with Crippen LogP contribution in [-0.4, -0.2) is 12.1 Å². The lowest BCUT2D eigenvalue weighted by molar-refractivity contribution is -0.152. The van der Waals surface area contributed by atoms with Crippen LogP contribution in [0.3, 0.4) is 0 Å². The average molecular weight is 507 g/mol. The summed E-state index contributed by atoms with van der Waals surface area (Å²) in [5.41, 5.74) is -1.27. The summed E-state index contributed by atoms with van der Waals surface area (Å²) in [4.78, 5) is 12.0. The number of benzene rings is 3. The monoisotopic (exact) mass is 506 g/mol. The average Bonchev–Trinajstić information content (AvgIpc) is 2.79. The van der Waals surface area contributed by atoms with Gasteiger partial charge in [-0.05, 0) is 49.4 Å². The van der Waals surface area contributed by atoms with E-state index in [1.165, 1.54) is 37.3 Å². The largest absolute Gasteiger partial charge is 0.479 e. The van der Waals surface area contributed by atoms with Gasteiger partial charge in [0.2, 0.25) is 5.82 Å². The molecule has 3 aromatic carbocycles. The molecule has 174 valence electrons. The summed E-state index contributed by atoms with van der Waals surface area (Å²) in [6.45, 7) is 0.103. The SMILES string of the molecule is CC(Oc1ccc(Oc2ccc(Cl)cc2Cl)cc1)C(=O)OCc1c(F)c(F)c(F)c(F)c1F. The number of hydrogen-bond acceptors (Lipinski definition) is 4. The van der Waals surface area contributed by atoms with Crippen molar-refractivity contribution in [3.8, 4) is 17.2 Å². The number of hydrogen-bond donors (Lipinski definition) is 0. The molecule has 0 aliphatic heterocycles. The molecule has 0 spiro atoms. The minimum Gasteiger partial charge on any atom is -0.479 e. The first-order chi connectivity index (χ1) is 15.6. The Morgan fingerprint density at radius 2 is 1.39 bits per heavy atom. The van der Waals surface area contributed by atoms with Gasteiger partial charge in [-0.3, -0.25) is 0 Å². The van der Waals surface area contributed by atoms with Crippen molar-refractivity contribution >= 4 is 29.2 Å². The molecular weight excluding hydrogens is 494 g/mol. The number of carbonyl (C=O) groups is 1. The van der Waals surface area contributed by atoms with E-state index in [2.05, 4.69) is 4.74 Å². The Labute approximate surface area is 194 Å². The van der Waals surface area contributed by atoms with Gasteiger partial charge in [-0.1, -0.05) is 23.2 Å². The van der Waals surface area contributed by atoms with E-state index in [-0.39, 0.29) is 5.75 Å². The summed E-state index contributed by atoms with van der Waals surface area (Å²) in [5.74, 6) is -10.8. The minimum absolute atomic E-state index is 0.213. The second kappa shape index (κ2) is 10.3. The van der Waals surface area contributed by atoms with E-state index in [1.807, 2.05) is 0 Å². The van der Waals surface area contributed by atoms with E-state index in [0.717, 1.165) is 0 Å². The molecule has 0 saturated carbocycles. The van der Waals surface area contributed by atoms with Gasteiger partial charge in [0.1, 0.15) is 23.9 Å². The molecule has 0 bridgehead atoms. The van der Waals surface area contributed by atoms with Gasteiger partial charge in [0.05, 0.1) is 10.6 Å². The fourth-order valence-corrected chi connectivity index (χ4v) is 3.01. The van der Waals surface area contributed by atoms with E-state index < -0.39 is 53.3 Å². The molecule has 0 heterocycles. The van der Waals surface area contributed by atoms with Crippen molar-refractivity contribution < 1.29 is 41.0 Å². The number of rotatable bonds is 7. The van der Waals surface area contributed by atoms with E-state index in [9.17, 15) is 26.7 Å². The lowest BCUT2D eigenvalue weighted by Crippen LogP contribution is -2.26. The Morgan fingerprint density at radius 3 is 1.97 bits per heavy atom. The van der Waals surface area contributed by atoms with Gasteiger partial charge in [0.25, 0.3) is 0 Å². The third-order valence-corrected chi connectivity index (χ3v) is 4.78. The van der Waals surface area contributed by atoms with Gasteiger partial charge < -0.3 is 14.2 Å². The molecule has 0 fully saturated rings. The predicted octanol–water partition coefficient (Wildman–Crippen LogP) is 6.99. The van der Waals surface area contributed by atoms with Crippen molar-refractivity contribution in [1.82, 2.24) is 0 Å². The van der Waals surface area contributed by atoms with Crippen LogP contribution in [0.15, 0.2) is 42.5 Å². The molecule has 0 amide bonds. The van der Waals surface area contributed by atoms with Crippen LogP contribution >= 0.6 is 23.2 Å². The maximum atomic E-state index is 13.7. The zero-order chi connectivity index (χ0) is 24.3. The van der Waals surface area contributed by atoms with E-state index in [0.29, 0.717) is 21.5 Å². The number of carbonyl (C=O) groups excluding carboxylic acids is 1. The summed E-state index contributed by atoms with van der Waals surface area (Å²) in [6.07, 6.45) is -1.26. The summed E-state index contributed by atoms with van der Waals surface area (Å²) < 4.78 is 82.5. The van der Waals surface area contributed by atoms with Crippen molar-refractivity contribution in [2.75, 3.05) is 0 Å². The van der Waals surface area contributed by atoms with Crippen molar-refractivity contribution in [3.63, 3.8) is 0 Å². The first-order valence-electron chi connectivity index (χ1n) is 9.15. The van der Waals surface area contributed by atoms with Gasteiger partial charge in [-0.15, -0.1) is 0 Å². The topological polar surface area (TPSA) is 44.8 Å². The Morgan fingerprint density at radius 1 is 0.848 bits per heavy atom. The van der Waals surface area contributed by atoms with Crippen LogP contribution in [0.1, 0.15) is 12.5 Å². The first kappa shape index (κ1) is 24.6. The van der Waals surface area contributed by atoms with Crippen LogP contribution in [0.5, 0.6) is 17.2 Å². The van der Waals surface area contributed by atoms with Crippen molar-refractivity contribution in [3.05, 3.63) is 87.2 Å². The normalized spacial score (nSPS) is 11.8. The van der Waals surface area contributed by atoms with Crippen LogP contribution in [0.25, 0.3) is 0 Å². The van der Waals surface area contributed by atoms with Crippen LogP contribution in [0.4, 0.5) is 22.0 Å². The van der Waals surface area contributed by atoms with Gasteiger partial charge in [-0.2, -0.15) is 0 Å². The van der Waals surface area contributed by atoms with Crippen molar-refractivity contribution in [2.24, 2.45) is 0 Å². The zero-order valence-electron chi connectivity index (χ0n) is 16.6. The first-order valence-corrected chi connectivity index (χ1v) is 9.90. The highest BCUT2D eigenvalue weighted by atomic mass is 35.5. The fourth-order valence-electron chi connectivity index (χ4n) is 2.56. The molecule has 1 unspecified atom stereocenters. The smallest absolute Gasteiger partial charge is 0.347 e. The Bertz CT molecular complexity index is 1160. The van der Waals surface area contributed by atoms with Gasteiger partial charge in [0, 0.05) is 5.02 Å². The fraction of sp³-hybridized carbons (Fsp3) is 0.136. The molecule has 0 saturated heterocycles. The lowest BCUT2D eigenvalue weighted by atomic mass is 10.2. The van der Waals surface area contributed by atoms with Crippen molar-refractivity contribution in [2.45, 2.75) is 19.6 Å². The molecule has 0 aliphatic carbocycles. The molecule has 11 heteroatoms. The van der Waals surface area contributed by atoms with Gasteiger partial charge in [-0.25, -0.2) is 26.7 Å². The molecule has 0 aliphatic rings. The maximum Gasteiger partial charge on any atom is 0.347 e. The Hall–Kier alpha value is -3.04. The zero-order valence-corrected chi connectivity index (χ0v) is 18.1. The molecule has 4 nitrogen and oxygen atoms in total. The Kier molecular flexibility index (Phi) is 7.65.